The van der Waals surface area contributed by atoms with Gasteiger partial charge in [0.05, 0.1) is 12.9 Å². The van der Waals surface area contributed by atoms with Crippen molar-refractivity contribution in [3.8, 4) is 0 Å². The summed E-state index contributed by atoms with van der Waals surface area (Å²) >= 11 is 0. The minimum atomic E-state index is -0.455. The van der Waals surface area contributed by atoms with E-state index in [-0.39, 0.29) is 12.1 Å². The summed E-state index contributed by atoms with van der Waals surface area (Å²) < 4.78 is 8.19. The minimum Gasteiger partial charge on any atom is -0.464 e. The third kappa shape index (κ3) is 3.98. The standard InChI is InChI=1S/C13H16N4O3/c14-11-2-3-12(18)17(8-11)9-13(19)20-7-1-5-16-6-4-15-10-16/h2-4,6,8,10H,1,5,7,9,14H2. The largest absolute Gasteiger partial charge is 0.464 e. The quantitative estimate of drug-likeness (QED) is 0.603. The molecule has 0 radical (unpaired) electrons. The highest BCUT2D eigenvalue weighted by atomic mass is 16.5. The van der Waals surface area contributed by atoms with Gasteiger partial charge in [0.25, 0.3) is 5.56 Å². The molecule has 0 aliphatic heterocycles. The molecule has 0 aliphatic rings. The molecule has 2 N–H and O–H groups in total. The topological polar surface area (TPSA) is 92.1 Å². The number of anilines is 1. The molecule has 0 saturated heterocycles. The molecule has 2 aromatic heterocycles. The summed E-state index contributed by atoms with van der Waals surface area (Å²) in [6.07, 6.45) is 7.35. The average Bonchev–Trinajstić information content (AvgIpc) is 2.92. The van der Waals surface area contributed by atoms with E-state index in [9.17, 15) is 9.59 Å². The van der Waals surface area contributed by atoms with Crippen molar-refractivity contribution < 1.29 is 9.53 Å². The minimum absolute atomic E-state index is 0.130. The Balaban J connectivity index is 1.75. The van der Waals surface area contributed by atoms with Gasteiger partial charge in [-0.15, -0.1) is 0 Å². The number of ether oxygens (including phenoxy) is 1. The number of esters is 1. The summed E-state index contributed by atoms with van der Waals surface area (Å²) in [7, 11) is 0. The molecule has 2 aromatic rings. The second-order valence-electron chi connectivity index (χ2n) is 4.30. The molecule has 20 heavy (non-hydrogen) atoms. The summed E-state index contributed by atoms with van der Waals surface area (Å²) in [6.45, 7) is 0.897. The number of hydrogen-bond acceptors (Lipinski definition) is 5. The summed E-state index contributed by atoms with van der Waals surface area (Å²) in [6, 6.07) is 2.82. The van der Waals surface area contributed by atoms with Crippen molar-refractivity contribution in [1.82, 2.24) is 14.1 Å². The van der Waals surface area contributed by atoms with Crippen LogP contribution in [0.2, 0.25) is 0 Å². The highest BCUT2D eigenvalue weighted by Crippen LogP contribution is 1.97. The van der Waals surface area contributed by atoms with E-state index in [0.29, 0.717) is 18.7 Å². The van der Waals surface area contributed by atoms with E-state index in [1.54, 1.807) is 12.5 Å². The van der Waals surface area contributed by atoms with Gasteiger partial charge in [0.15, 0.2) is 0 Å². The van der Waals surface area contributed by atoms with Gasteiger partial charge in [0.1, 0.15) is 6.54 Å². The lowest BCUT2D eigenvalue weighted by atomic mass is 10.4. The summed E-state index contributed by atoms with van der Waals surface area (Å²) in [5, 5.41) is 0. The third-order valence-electron chi connectivity index (χ3n) is 2.69. The average molecular weight is 276 g/mol. The van der Waals surface area contributed by atoms with Gasteiger partial charge in [0.2, 0.25) is 0 Å². The van der Waals surface area contributed by atoms with Gasteiger partial charge in [-0.05, 0) is 12.5 Å². The normalized spacial score (nSPS) is 10.4. The first kappa shape index (κ1) is 13.9. The second kappa shape index (κ2) is 6.55. The van der Waals surface area contributed by atoms with Crippen molar-refractivity contribution in [2.24, 2.45) is 0 Å². The van der Waals surface area contributed by atoms with E-state index in [0.717, 1.165) is 6.54 Å². The Morgan fingerprint density at radius 1 is 1.40 bits per heavy atom. The van der Waals surface area contributed by atoms with Crippen LogP contribution in [0.15, 0.2) is 41.8 Å². The molecule has 7 nitrogen and oxygen atoms in total. The van der Waals surface area contributed by atoms with Crippen molar-refractivity contribution in [1.29, 1.82) is 0 Å². The highest BCUT2D eigenvalue weighted by Gasteiger charge is 2.06. The Bertz CT molecular complexity index is 619. The Labute approximate surface area is 115 Å². The van der Waals surface area contributed by atoms with Crippen molar-refractivity contribution >= 4 is 11.7 Å². The first-order valence-corrected chi connectivity index (χ1v) is 6.22. The SMILES string of the molecule is Nc1ccc(=O)n(CC(=O)OCCCn2ccnc2)c1. The number of carbonyl (C=O) groups is 1. The third-order valence-corrected chi connectivity index (χ3v) is 2.69. The predicted molar refractivity (Wildman–Crippen MR) is 72.9 cm³/mol. The number of rotatable bonds is 6. The highest BCUT2D eigenvalue weighted by molar-refractivity contribution is 5.69. The number of nitrogen functional groups attached to an aromatic ring is 1. The van der Waals surface area contributed by atoms with E-state index in [2.05, 4.69) is 4.98 Å². The molecular weight excluding hydrogens is 260 g/mol. The Morgan fingerprint density at radius 3 is 3.00 bits per heavy atom. The van der Waals surface area contributed by atoms with Crippen molar-refractivity contribution in [2.75, 3.05) is 12.3 Å². The summed E-state index contributed by atoms with van der Waals surface area (Å²) in [4.78, 5) is 27.0. The smallest absolute Gasteiger partial charge is 0.326 e. The van der Waals surface area contributed by atoms with Crippen molar-refractivity contribution in [2.45, 2.75) is 19.5 Å². The first-order chi connectivity index (χ1) is 9.65. The zero-order valence-corrected chi connectivity index (χ0v) is 10.9. The molecule has 0 bridgehead atoms. The number of nitrogens with two attached hydrogens (primary N) is 1. The fourth-order valence-corrected chi connectivity index (χ4v) is 1.71. The number of pyridine rings is 1. The molecule has 0 atom stereocenters. The molecule has 0 amide bonds. The Morgan fingerprint density at radius 2 is 2.25 bits per heavy atom. The molecule has 0 fully saturated rings. The van der Waals surface area contributed by atoms with Gasteiger partial charge in [-0.25, -0.2) is 4.98 Å². The predicted octanol–water partition coefficient (Wildman–Crippen LogP) is 0.260. The molecule has 0 spiro atoms. The number of carbonyl (C=O) groups excluding carboxylic acids is 1. The van der Waals surface area contributed by atoms with E-state index in [1.165, 1.54) is 22.9 Å². The van der Waals surface area contributed by atoms with Crippen LogP contribution in [0.3, 0.4) is 0 Å². The molecule has 2 rings (SSSR count). The van der Waals surface area contributed by atoms with Gasteiger partial charge >= 0.3 is 5.97 Å². The van der Waals surface area contributed by atoms with Gasteiger partial charge in [-0.2, -0.15) is 0 Å². The number of imidazole rings is 1. The van der Waals surface area contributed by atoms with Crippen LogP contribution in [0.4, 0.5) is 5.69 Å². The van der Waals surface area contributed by atoms with E-state index in [1.807, 2.05) is 10.8 Å². The molecule has 0 aliphatic carbocycles. The number of aryl methyl sites for hydroxylation is 1. The van der Waals surface area contributed by atoms with E-state index in [4.69, 9.17) is 10.5 Å². The number of nitrogens with zero attached hydrogens (tertiary/aromatic N) is 3. The molecular formula is C13H16N4O3. The number of hydrogen-bond donors (Lipinski definition) is 1. The van der Waals surface area contributed by atoms with Gasteiger partial charge in [0, 0.05) is 36.9 Å². The molecule has 0 aromatic carbocycles. The molecule has 0 saturated carbocycles. The maximum atomic E-state index is 11.6. The van der Waals surface area contributed by atoms with Crippen LogP contribution in [0, 0.1) is 0 Å². The molecule has 106 valence electrons. The molecule has 2 heterocycles. The van der Waals surface area contributed by atoms with Crippen molar-refractivity contribution in [3.05, 3.63) is 47.4 Å². The van der Waals surface area contributed by atoms with Crippen LogP contribution in [0.1, 0.15) is 6.42 Å². The number of aromatic nitrogens is 3. The van der Waals surface area contributed by atoms with Gasteiger partial charge < -0.3 is 19.6 Å². The lowest BCUT2D eigenvalue weighted by Gasteiger charge is -2.07. The van der Waals surface area contributed by atoms with E-state index >= 15 is 0 Å². The van der Waals surface area contributed by atoms with Gasteiger partial charge in [-0.1, -0.05) is 0 Å². The zero-order chi connectivity index (χ0) is 14.4. The van der Waals surface area contributed by atoms with Crippen LogP contribution in [0.5, 0.6) is 0 Å². The summed E-state index contributed by atoms with van der Waals surface area (Å²) in [5.41, 5.74) is 5.70. The van der Waals surface area contributed by atoms with Crippen LogP contribution < -0.4 is 11.3 Å². The summed E-state index contributed by atoms with van der Waals surface area (Å²) in [5.74, 6) is -0.455. The Hall–Kier alpha value is -2.57. The lowest BCUT2D eigenvalue weighted by Crippen LogP contribution is -2.24. The monoisotopic (exact) mass is 276 g/mol. The maximum Gasteiger partial charge on any atom is 0.326 e. The lowest BCUT2D eigenvalue weighted by molar-refractivity contribution is -0.144. The van der Waals surface area contributed by atoms with Crippen LogP contribution in [0.25, 0.3) is 0 Å². The van der Waals surface area contributed by atoms with Gasteiger partial charge in [-0.3, -0.25) is 9.59 Å². The Kier molecular flexibility index (Phi) is 4.54. The molecule has 0 unspecified atom stereocenters. The maximum absolute atomic E-state index is 11.6. The first-order valence-electron chi connectivity index (χ1n) is 6.22. The van der Waals surface area contributed by atoms with Crippen molar-refractivity contribution in [3.63, 3.8) is 0 Å². The second-order valence-corrected chi connectivity index (χ2v) is 4.30. The van der Waals surface area contributed by atoms with Crippen LogP contribution in [-0.4, -0.2) is 26.7 Å². The fourth-order valence-electron chi connectivity index (χ4n) is 1.71. The van der Waals surface area contributed by atoms with E-state index < -0.39 is 5.97 Å². The van der Waals surface area contributed by atoms with Crippen LogP contribution in [-0.2, 0) is 22.6 Å². The fraction of sp³-hybridized carbons (Fsp3) is 0.308. The molecule has 7 heteroatoms. The zero-order valence-electron chi connectivity index (χ0n) is 10.9. The van der Waals surface area contributed by atoms with Crippen LogP contribution >= 0.6 is 0 Å².